The normalized spacial score (nSPS) is 11.2. The summed E-state index contributed by atoms with van der Waals surface area (Å²) in [4.78, 5) is 4.63. The van der Waals surface area contributed by atoms with Gasteiger partial charge in [-0.3, -0.25) is 0 Å². The monoisotopic (exact) mass is 281 g/mol. The van der Waals surface area contributed by atoms with Crippen molar-refractivity contribution < 1.29 is 0 Å². The van der Waals surface area contributed by atoms with Crippen LogP contribution in [0.25, 0.3) is 10.2 Å². The number of rotatable bonds is 7. The number of thiazole rings is 1. The van der Waals surface area contributed by atoms with E-state index in [4.69, 9.17) is 11.6 Å². The summed E-state index contributed by atoms with van der Waals surface area (Å²) in [5.74, 6) is 0. The van der Waals surface area contributed by atoms with Crippen molar-refractivity contribution in [1.82, 2.24) is 4.98 Å². The number of halogens is 1. The molecule has 0 atom stereocenters. The molecule has 0 aliphatic carbocycles. The first-order chi connectivity index (χ1) is 8.81. The fourth-order valence-corrected chi connectivity index (χ4v) is 3.43. The molecule has 0 amide bonds. The molecule has 0 aliphatic rings. The zero-order valence-corrected chi connectivity index (χ0v) is 12.5. The van der Waals surface area contributed by atoms with Crippen LogP contribution in [-0.4, -0.2) is 4.98 Å². The van der Waals surface area contributed by atoms with Crippen LogP contribution in [0, 0.1) is 0 Å². The summed E-state index contributed by atoms with van der Waals surface area (Å²) in [6, 6.07) is 6.01. The third kappa shape index (κ3) is 3.69. The van der Waals surface area contributed by atoms with Gasteiger partial charge >= 0.3 is 0 Å². The van der Waals surface area contributed by atoms with E-state index in [2.05, 4.69) is 18.0 Å². The molecule has 2 aromatic rings. The third-order valence-corrected chi connectivity index (χ3v) is 4.54. The Labute approximate surface area is 118 Å². The van der Waals surface area contributed by atoms with Crippen LogP contribution in [0.1, 0.15) is 50.5 Å². The van der Waals surface area contributed by atoms with E-state index in [9.17, 15) is 0 Å². The average Bonchev–Trinajstić information content (AvgIpc) is 2.78. The van der Waals surface area contributed by atoms with Gasteiger partial charge in [-0.05, 0) is 25.0 Å². The minimum atomic E-state index is 0.776. The summed E-state index contributed by atoms with van der Waals surface area (Å²) in [5.41, 5.74) is 0.977. The number of unbranched alkanes of at least 4 members (excludes halogenated alkanes) is 5. The average molecular weight is 282 g/mol. The van der Waals surface area contributed by atoms with Crippen molar-refractivity contribution in [2.24, 2.45) is 0 Å². The van der Waals surface area contributed by atoms with Crippen molar-refractivity contribution in [2.75, 3.05) is 0 Å². The Kier molecular flexibility index (Phi) is 5.45. The fraction of sp³-hybridized carbons (Fsp3) is 0.533. The van der Waals surface area contributed by atoms with Crippen molar-refractivity contribution >= 4 is 33.2 Å². The van der Waals surface area contributed by atoms with Gasteiger partial charge in [0.2, 0.25) is 0 Å². The fourth-order valence-electron chi connectivity index (χ4n) is 2.12. The van der Waals surface area contributed by atoms with Gasteiger partial charge in [0.25, 0.3) is 0 Å². The van der Waals surface area contributed by atoms with Crippen molar-refractivity contribution in [1.29, 1.82) is 0 Å². The molecule has 1 heterocycles. The molecule has 0 saturated carbocycles. The molecule has 1 nitrogen and oxygen atoms in total. The summed E-state index contributed by atoms with van der Waals surface area (Å²) < 4.78 is 1.21. The molecule has 1 aromatic carbocycles. The molecular weight excluding hydrogens is 262 g/mol. The van der Waals surface area contributed by atoms with Gasteiger partial charge in [0, 0.05) is 0 Å². The van der Waals surface area contributed by atoms with Crippen LogP contribution < -0.4 is 0 Å². The van der Waals surface area contributed by atoms with Gasteiger partial charge < -0.3 is 0 Å². The summed E-state index contributed by atoms with van der Waals surface area (Å²) in [5, 5.41) is 2.01. The summed E-state index contributed by atoms with van der Waals surface area (Å²) in [6.45, 7) is 2.25. The number of nitrogens with zero attached hydrogens (tertiary/aromatic N) is 1. The Bertz CT molecular complexity index is 492. The molecule has 2 rings (SSSR count). The molecule has 18 heavy (non-hydrogen) atoms. The lowest BCUT2D eigenvalue weighted by atomic mass is 10.1. The number of hydrogen-bond donors (Lipinski definition) is 0. The van der Waals surface area contributed by atoms with E-state index in [1.54, 1.807) is 11.3 Å². The molecule has 0 fully saturated rings. The van der Waals surface area contributed by atoms with E-state index in [1.807, 2.05) is 12.1 Å². The Balaban J connectivity index is 1.83. The maximum Gasteiger partial charge on any atom is 0.100 e. The second-order valence-electron chi connectivity index (χ2n) is 4.71. The first-order valence-corrected chi connectivity index (χ1v) is 8.04. The first kappa shape index (κ1) is 13.8. The molecule has 98 valence electrons. The van der Waals surface area contributed by atoms with Crippen LogP contribution in [0.5, 0.6) is 0 Å². The number of benzene rings is 1. The van der Waals surface area contributed by atoms with Crippen LogP contribution in [-0.2, 0) is 6.42 Å². The molecule has 0 saturated heterocycles. The minimum absolute atomic E-state index is 0.776. The van der Waals surface area contributed by atoms with E-state index in [1.165, 1.54) is 48.2 Å². The molecule has 0 spiro atoms. The Morgan fingerprint density at radius 1 is 1.11 bits per heavy atom. The van der Waals surface area contributed by atoms with Crippen LogP contribution in [0.2, 0.25) is 5.02 Å². The molecule has 0 aliphatic heterocycles. The molecule has 0 unspecified atom stereocenters. The zero-order valence-electron chi connectivity index (χ0n) is 10.9. The van der Waals surface area contributed by atoms with E-state index in [0.29, 0.717) is 0 Å². The molecular formula is C15H20ClNS. The van der Waals surface area contributed by atoms with Crippen molar-refractivity contribution in [3.8, 4) is 0 Å². The first-order valence-electron chi connectivity index (χ1n) is 6.85. The topological polar surface area (TPSA) is 12.9 Å². The van der Waals surface area contributed by atoms with E-state index in [-0.39, 0.29) is 0 Å². The lowest BCUT2D eigenvalue weighted by Gasteiger charge is -1.98. The minimum Gasteiger partial charge on any atom is -0.240 e. The van der Waals surface area contributed by atoms with Crippen molar-refractivity contribution in [3.05, 3.63) is 28.2 Å². The van der Waals surface area contributed by atoms with Crippen LogP contribution in [0.3, 0.4) is 0 Å². The Morgan fingerprint density at radius 2 is 1.89 bits per heavy atom. The largest absolute Gasteiger partial charge is 0.240 e. The molecule has 0 radical (unpaired) electrons. The Hall–Kier alpha value is -0.600. The SMILES string of the molecule is CCCCCCCCc1nc2c(Cl)cccc2s1. The van der Waals surface area contributed by atoms with Crippen molar-refractivity contribution in [2.45, 2.75) is 51.9 Å². The van der Waals surface area contributed by atoms with Crippen LogP contribution in [0.15, 0.2) is 18.2 Å². The highest BCUT2D eigenvalue weighted by Crippen LogP contribution is 2.28. The van der Waals surface area contributed by atoms with E-state index in [0.717, 1.165) is 17.0 Å². The van der Waals surface area contributed by atoms with Gasteiger partial charge in [0.1, 0.15) is 5.52 Å². The standard InChI is InChI=1S/C15H20ClNS/c1-2-3-4-5-6-7-11-14-17-15-12(16)9-8-10-13(15)18-14/h8-10H,2-7,11H2,1H3. The summed E-state index contributed by atoms with van der Waals surface area (Å²) >= 11 is 7.92. The molecule has 1 aromatic heterocycles. The highest BCUT2D eigenvalue weighted by molar-refractivity contribution is 7.18. The summed E-state index contributed by atoms with van der Waals surface area (Å²) in [7, 11) is 0. The lowest BCUT2D eigenvalue weighted by Crippen LogP contribution is -1.85. The Morgan fingerprint density at radius 3 is 2.67 bits per heavy atom. The quantitative estimate of drug-likeness (QED) is 0.580. The van der Waals surface area contributed by atoms with E-state index >= 15 is 0 Å². The smallest absolute Gasteiger partial charge is 0.100 e. The second-order valence-corrected chi connectivity index (χ2v) is 6.23. The van der Waals surface area contributed by atoms with Gasteiger partial charge in [-0.1, -0.05) is 56.7 Å². The third-order valence-electron chi connectivity index (χ3n) is 3.16. The van der Waals surface area contributed by atoms with Gasteiger partial charge in [-0.15, -0.1) is 11.3 Å². The number of para-hydroxylation sites is 1. The van der Waals surface area contributed by atoms with Crippen molar-refractivity contribution in [3.63, 3.8) is 0 Å². The van der Waals surface area contributed by atoms with Gasteiger partial charge in [-0.2, -0.15) is 0 Å². The lowest BCUT2D eigenvalue weighted by molar-refractivity contribution is 0.607. The summed E-state index contributed by atoms with van der Waals surface area (Å²) in [6.07, 6.45) is 9.10. The zero-order chi connectivity index (χ0) is 12.8. The second kappa shape index (κ2) is 7.10. The molecule has 0 N–H and O–H groups in total. The van der Waals surface area contributed by atoms with Crippen LogP contribution in [0.4, 0.5) is 0 Å². The number of aromatic nitrogens is 1. The predicted molar refractivity (Wildman–Crippen MR) is 81.7 cm³/mol. The maximum atomic E-state index is 6.13. The number of fused-ring (bicyclic) bond motifs is 1. The van der Waals surface area contributed by atoms with E-state index < -0.39 is 0 Å². The predicted octanol–water partition coefficient (Wildman–Crippen LogP) is 5.85. The number of aryl methyl sites for hydroxylation is 1. The molecule has 3 heteroatoms. The highest BCUT2D eigenvalue weighted by Gasteiger charge is 2.06. The van der Waals surface area contributed by atoms with Crippen LogP contribution >= 0.6 is 22.9 Å². The van der Waals surface area contributed by atoms with Gasteiger partial charge in [-0.25, -0.2) is 4.98 Å². The maximum absolute atomic E-state index is 6.13. The van der Waals surface area contributed by atoms with Gasteiger partial charge in [0.15, 0.2) is 0 Å². The number of hydrogen-bond acceptors (Lipinski definition) is 2. The van der Waals surface area contributed by atoms with Gasteiger partial charge in [0.05, 0.1) is 14.7 Å². The highest BCUT2D eigenvalue weighted by atomic mass is 35.5. The molecule has 0 bridgehead atoms.